The summed E-state index contributed by atoms with van der Waals surface area (Å²) in [5.41, 5.74) is 0. The molecule has 2 aliphatic rings. The molecule has 2 fully saturated rings. The standard InChI is InChI=1S/C17H35N5O/c1-3-18-17(20-9-11-22(4-2)16-6-7-16)19-8-5-10-21-12-14-23-15-13-21/h16H,3-15H2,1-2H3,(H2,18,19,20). The van der Waals surface area contributed by atoms with Crippen molar-refractivity contribution in [2.45, 2.75) is 39.2 Å². The minimum absolute atomic E-state index is 0.842. The Labute approximate surface area is 141 Å². The summed E-state index contributed by atoms with van der Waals surface area (Å²) in [5, 5.41) is 6.81. The van der Waals surface area contributed by atoms with Gasteiger partial charge < -0.3 is 15.4 Å². The first-order chi connectivity index (χ1) is 11.3. The first-order valence-corrected chi connectivity index (χ1v) is 9.39. The van der Waals surface area contributed by atoms with Crippen LogP contribution in [-0.4, -0.2) is 87.4 Å². The maximum atomic E-state index is 5.38. The first-order valence-electron chi connectivity index (χ1n) is 9.39. The average molecular weight is 326 g/mol. The maximum Gasteiger partial charge on any atom is 0.191 e. The molecular formula is C17H35N5O. The number of rotatable bonds is 10. The SMILES string of the molecule is CCNC(=NCCCN1CCOCC1)NCCN(CC)C1CC1. The van der Waals surface area contributed by atoms with Gasteiger partial charge in [0.25, 0.3) is 0 Å². The number of guanidine groups is 1. The Kier molecular flexibility index (Phi) is 8.71. The van der Waals surface area contributed by atoms with E-state index >= 15 is 0 Å². The van der Waals surface area contributed by atoms with E-state index in [-0.39, 0.29) is 0 Å². The molecule has 1 heterocycles. The molecule has 23 heavy (non-hydrogen) atoms. The summed E-state index contributed by atoms with van der Waals surface area (Å²) in [4.78, 5) is 9.73. The summed E-state index contributed by atoms with van der Waals surface area (Å²) in [5.74, 6) is 0.960. The Morgan fingerprint density at radius 1 is 1.22 bits per heavy atom. The molecule has 0 radical (unpaired) electrons. The minimum Gasteiger partial charge on any atom is -0.379 e. The topological polar surface area (TPSA) is 52.1 Å². The molecule has 6 heteroatoms. The number of nitrogens with one attached hydrogen (secondary N) is 2. The molecule has 6 nitrogen and oxygen atoms in total. The molecule has 1 aliphatic carbocycles. The Balaban J connectivity index is 1.60. The van der Waals surface area contributed by atoms with Crippen LogP contribution in [0, 0.1) is 0 Å². The second kappa shape index (κ2) is 10.8. The van der Waals surface area contributed by atoms with Crippen molar-refractivity contribution >= 4 is 5.96 Å². The highest BCUT2D eigenvalue weighted by Crippen LogP contribution is 2.25. The van der Waals surface area contributed by atoms with Gasteiger partial charge in [0.05, 0.1) is 13.2 Å². The summed E-state index contributed by atoms with van der Waals surface area (Å²) in [6.45, 7) is 14.4. The number of nitrogens with zero attached hydrogens (tertiary/aromatic N) is 3. The minimum atomic E-state index is 0.842. The van der Waals surface area contributed by atoms with Crippen molar-refractivity contribution < 1.29 is 4.74 Å². The molecule has 0 unspecified atom stereocenters. The van der Waals surface area contributed by atoms with Crippen molar-refractivity contribution in [3.8, 4) is 0 Å². The lowest BCUT2D eigenvalue weighted by Gasteiger charge is -2.26. The second-order valence-electron chi connectivity index (χ2n) is 6.35. The van der Waals surface area contributed by atoms with E-state index in [0.29, 0.717) is 0 Å². The predicted molar refractivity (Wildman–Crippen MR) is 96.1 cm³/mol. The van der Waals surface area contributed by atoms with Gasteiger partial charge in [0.1, 0.15) is 0 Å². The van der Waals surface area contributed by atoms with E-state index in [1.54, 1.807) is 0 Å². The summed E-state index contributed by atoms with van der Waals surface area (Å²) in [6, 6.07) is 0.842. The summed E-state index contributed by atoms with van der Waals surface area (Å²) < 4.78 is 5.38. The molecule has 2 N–H and O–H groups in total. The third-order valence-electron chi connectivity index (χ3n) is 4.51. The normalized spacial score (nSPS) is 20.0. The van der Waals surface area contributed by atoms with Gasteiger partial charge in [0.2, 0.25) is 0 Å². The monoisotopic (exact) mass is 325 g/mol. The van der Waals surface area contributed by atoms with Gasteiger partial charge in [-0.15, -0.1) is 0 Å². The molecule has 0 atom stereocenters. The number of ether oxygens (including phenoxy) is 1. The van der Waals surface area contributed by atoms with Crippen LogP contribution in [0.1, 0.15) is 33.1 Å². The Hall–Kier alpha value is -0.850. The number of hydrogen-bond donors (Lipinski definition) is 2. The highest BCUT2D eigenvalue weighted by atomic mass is 16.5. The van der Waals surface area contributed by atoms with E-state index < -0.39 is 0 Å². The lowest BCUT2D eigenvalue weighted by atomic mass is 10.3. The predicted octanol–water partition coefficient (Wildman–Crippen LogP) is 0.748. The van der Waals surface area contributed by atoms with Crippen molar-refractivity contribution in [2.24, 2.45) is 4.99 Å². The van der Waals surface area contributed by atoms with Gasteiger partial charge >= 0.3 is 0 Å². The van der Waals surface area contributed by atoms with Crippen LogP contribution < -0.4 is 10.6 Å². The smallest absolute Gasteiger partial charge is 0.191 e. The van der Waals surface area contributed by atoms with Gasteiger partial charge in [-0.2, -0.15) is 0 Å². The second-order valence-corrected chi connectivity index (χ2v) is 6.35. The highest BCUT2D eigenvalue weighted by molar-refractivity contribution is 5.79. The fourth-order valence-corrected chi connectivity index (χ4v) is 3.01. The van der Waals surface area contributed by atoms with Crippen molar-refractivity contribution in [2.75, 3.05) is 65.6 Å². The summed E-state index contributed by atoms with van der Waals surface area (Å²) in [6.07, 6.45) is 3.87. The number of likely N-dealkylation sites (N-methyl/N-ethyl adjacent to an activating group) is 1. The molecule has 0 aromatic heterocycles. The zero-order chi connectivity index (χ0) is 16.3. The van der Waals surface area contributed by atoms with E-state index in [2.05, 4.69) is 34.3 Å². The fourth-order valence-electron chi connectivity index (χ4n) is 3.01. The first kappa shape index (κ1) is 18.5. The van der Waals surface area contributed by atoms with E-state index in [0.717, 1.165) is 84.0 Å². The lowest BCUT2D eigenvalue weighted by molar-refractivity contribution is 0.0377. The molecule has 134 valence electrons. The number of morpholine rings is 1. The van der Waals surface area contributed by atoms with Crippen LogP contribution in [0.3, 0.4) is 0 Å². The zero-order valence-electron chi connectivity index (χ0n) is 15.0. The molecule has 1 aliphatic heterocycles. The van der Waals surface area contributed by atoms with Crippen LogP contribution >= 0.6 is 0 Å². The van der Waals surface area contributed by atoms with E-state index in [1.807, 2.05) is 0 Å². The summed E-state index contributed by atoms with van der Waals surface area (Å²) in [7, 11) is 0. The van der Waals surface area contributed by atoms with Crippen molar-refractivity contribution in [3.63, 3.8) is 0 Å². The highest BCUT2D eigenvalue weighted by Gasteiger charge is 2.27. The number of aliphatic imine (C=N–C) groups is 1. The molecule has 0 spiro atoms. The van der Waals surface area contributed by atoms with Gasteiger partial charge in [0.15, 0.2) is 5.96 Å². The van der Waals surface area contributed by atoms with Crippen LogP contribution in [-0.2, 0) is 4.74 Å². The molecule has 1 saturated carbocycles. The van der Waals surface area contributed by atoms with Gasteiger partial charge in [0, 0.05) is 51.9 Å². The molecule has 0 bridgehead atoms. The quantitative estimate of drug-likeness (QED) is 0.353. The van der Waals surface area contributed by atoms with Crippen molar-refractivity contribution in [1.82, 2.24) is 20.4 Å². The molecule has 0 amide bonds. The zero-order valence-corrected chi connectivity index (χ0v) is 15.0. The van der Waals surface area contributed by atoms with E-state index in [9.17, 15) is 0 Å². The largest absolute Gasteiger partial charge is 0.379 e. The molecule has 1 saturated heterocycles. The van der Waals surface area contributed by atoms with Crippen LogP contribution in [0.2, 0.25) is 0 Å². The maximum absolute atomic E-state index is 5.38. The van der Waals surface area contributed by atoms with Crippen LogP contribution in [0.15, 0.2) is 4.99 Å². The van der Waals surface area contributed by atoms with Gasteiger partial charge in [-0.05, 0) is 32.7 Å². The van der Waals surface area contributed by atoms with Gasteiger partial charge in [-0.1, -0.05) is 6.92 Å². The van der Waals surface area contributed by atoms with Crippen molar-refractivity contribution in [1.29, 1.82) is 0 Å². The number of hydrogen-bond acceptors (Lipinski definition) is 4. The molecule has 0 aromatic rings. The third kappa shape index (κ3) is 7.50. The Bertz CT molecular complexity index is 340. The fraction of sp³-hybridized carbons (Fsp3) is 0.941. The average Bonchev–Trinajstić information content (AvgIpc) is 3.41. The third-order valence-corrected chi connectivity index (χ3v) is 4.51. The Morgan fingerprint density at radius 2 is 2.00 bits per heavy atom. The van der Waals surface area contributed by atoms with E-state index in [1.165, 1.54) is 12.8 Å². The van der Waals surface area contributed by atoms with Gasteiger partial charge in [-0.25, -0.2) is 0 Å². The summed E-state index contributed by atoms with van der Waals surface area (Å²) >= 11 is 0. The molecular weight excluding hydrogens is 290 g/mol. The van der Waals surface area contributed by atoms with Crippen LogP contribution in [0.25, 0.3) is 0 Å². The van der Waals surface area contributed by atoms with Gasteiger partial charge in [-0.3, -0.25) is 14.8 Å². The van der Waals surface area contributed by atoms with Crippen molar-refractivity contribution in [3.05, 3.63) is 0 Å². The molecule has 2 rings (SSSR count). The van der Waals surface area contributed by atoms with Crippen LogP contribution in [0.5, 0.6) is 0 Å². The Morgan fingerprint density at radius 3 is 2.65 bits per heavy atom. The van der Waals surface area contributed by atoms with E-state index in [4.69, 9.17) is 9.73 Å². The van der Waals surface area contributed by atoms with Crippen LogP contribution in [0.4, 0.5) is 0 Å². The molecule has 0 aromatic carbocycles. The lowest BCUT2D eigenvalue weighted by Crippen LogP contribution is -2.42.